The maximum Gasteiger partial charge on any atom is 0.123 e. The summed E-state index contributed by atoms with van der Waals surface area (Å²) in [4.78, 5) is 0. The summed E-state index contributed by atoms with van der Waals surface area (Å²) in [7, 11) is 1.69. The lowest BCUT2D eigenvalue weighted by Gasteiger charge is -2.18. The van der Waals surface area contributed by atoms with Crippen LogP contribution in [0.25, 0.3) is 0 Å². The van der Waals surface area contributed by atoms with Crippen LogP contribution in [0.15, 0.2) is 24.3 Å². The largest absolute Gasteiger partial charge is 0.383 e. The predicted octanol–water partition coefficient (Wildman–Crippen LogP) is 2.57. The first-order chi connectivity index (χ1) is 9.27. The summed E-state index contributed by atoms with van der Waals surface area (Å²) >= 11 is 0. The lowest BCUT2D eigenvalue weighted by molar-refractivity contribution is 0.138. The Morgan fingerprint density at radius 3 is 2.58 bits per heavy atom. The highest BCUT2D eigenvalue weighted by atomic mass is 19.1. The van der Waals surface area contributed by atoms with Crippen molar-refractivity contribution in [3.8, 4) is 0 Å². The summed E-state index contributed by atoms with van der Waals surface area (Å²) in [6.45, 7) is 5.81. The molecule has 0 spiro atoms. The number of ether oxygens (including phenoxy) is 2. The molecule has 0 aromatic heterocycles. The Morgan fingerprint density at radius 2 is 1.95 bits per heavy atom. The number of rotatable bonds is 10. The van der Waals surface area contributed by atoms with E-state index in [1.165, 1.54) is 12.1 Å². The van der Waals surface area contributed by atoms with Gasteiger partial charge in [0.25, 0.3) is 0 Å². The monoisotopic (exact) mass is 269 g/mol. The molecule has 4 heteroatoms. The van der Waals surface area contributed by atoms with Gasteiger partial charge in [0.05, 0.1) is 6.61 Å². The number of halogens is 1. The van der Waals surface area contributed by atoms with Crippen LogP contribution in [-0.2, 0) is 9.47 Å². The minimum atomic E-state index is -0.195. The van der Waals surface area contributed by atoms with Gasteiger partial charge in [-0.05, 0) is 37.0 Å². The molecular formula is C15H24FNO2. The van der Waals surface area contributed by atoms with Crippen LogP contribution in [0.2, 0.25) is 0 Å². The lowest BCUT2D eigenvalue weighted by Crippen LogP contribution is -2.26. The van der Waals surface area contributed by atoms with Crippen LogP contribution in [0.4, 0.5) is 4.39 Å². The average Bonchev–Trinajstić information content (AvgIpc) is 2.43. The fourth-order valence-corrected chi connectivity index (χ4v) is 1.94. The molecule has 0 amide bonds. The van der Waals surface area contributed by atoms with Gasteiger partial charge >= 0.3 is 0 Å². The molecule has 108 valence electrons. The van der Waals surface area contributed by atoms with Crippen molar-refractivity contribution in [2.45, 2.75) is 19.3 Å². The highest BCUT2D eigenvalue weighted by molar-refractivity contribution is 5.20. The molecule has 1 aromatic rings. The predicted molar refractivity (Wildman–Crippen MR) is 75.0 cm³/mol. The fraction of sp³-hybridized carbons (Fsp3) is 0.600. The molecule has 1 unspecified atom stereocenters. The maximum atomic E-state index is 13.0. The minimum Gasteiger partial charge on any atom is -0.383 e. The van der Waals surface area contributed by atoms with E-state index in [0.29, 0.717) is 12.5 Å². The Bertz CT molecular complexity index is 329. The molecule has 0 saturated carbocycles. The summed E-state index contributed by atoms with van der Waals surface area (Å²) in [5, 5.41) is 3.35. The van der Waals surface area contributed by atoms with E-state index in [-0.39, 0.29) is 5.82 Å². The highest BCUT2D eigenvalue weighted by Gasteiger charge is 2.11. The Kier molecular flexibility index (Phi) is 8.38. The van der Waals surface area contributed by atoms with Gasteiger partial charge in [-0.15, -0.1) is 0 Å². The van der Waals surface area contributed by atoms with Crippen molar-refractivity contribution in [1.82, 2.24) is 5.32 Å². The van der Waals surface area contributed by atoms with E-state index < -0.39 is 0 Å². The van der Waals surface area contributed by atoms with Crippen LogP contribution in [0, 0.1) is 5.82 Å². The van der Waals surface area contributed by atoms with Crippen molar-refractivity contribution < 1.29 is 13.9 Å². The molecule has 0 aliphatic heterocycles. The van der Waals surface area contributed by atoms with Gasteiger partial charge in [0.1, 0.15) is 5.82 Å². The van der Waals surface area contributed by atoms with Crippen LogP contribution in [-0.4, -0.2) is 40.0 Å². The third-order valence-corrected chi connectivity index (χ3v) is 3.03. The number of benzene rings is 1. The Hall–Kier alpha value is -0.970. The summed E-state index contributed by atoms with van der Waals surface area (Å²) in [5.74, 6) is 0.142. The van der Waals surface area contributed by atoms with E-state index in [0.717, 1.165) is 38.3 Å². The van der Waals surface area contributed by atoms with Gasteiger partial charge in [0.2, 0.25) is 0 Å². The first-order valence-corrected chi connectivity index (χ1v) is 6.80. The van der Waals surface area contributed by atoms with E-state index in [9.17, 15) is 4.39 Å². The molecule has 0 fully saturated rings. The molecule has 0 bridgehead atoms. The highest BCUT2D eigenvalue weighted by Crippen LogP contribution is 2.19. The van der Waals surface area contributed by atoms with Crippen molar-refractivity contribution in [3.63, 3.8) is 0 Å². The van der Waals surface area contributed by atoms with E-state index in [1.54, 1.807) is 7.11 Å². The van der Waals surface area contributed by atoms with Gasteiger partial charge in [-0.25, -0.2) is 4.39 Å². The van der Waals surface area contributed by atoms with Crippen molar-refractivity contribution >= 4 is 0 Å². The molecule has 0 aliphatic rings. The molecule has 1 aromatic carbocycles. The summed E-state index contributed by atoms with van der Waals surface area (Å²) in [5.41, 5.74) is 1.14. The van der Waals surface area contributed by atoms with Crippen molar-refractivity contribution in [2.24, 2.45) is 0 Å². The van der Waals surface area contributed by atoms with Crippen LogP contribution in [0.5, 0.6) is 0 Å². The average molecular weight is 269 g/mol. The van der Waals surface area contributed by atoms with Gasteiger partial charge in [0, 0.05) is 33.4 Å². The second-order valence-corrected chi connectivity index (χ2v) is 4.43. The Balaban J connectivity index is 2.49. The van der Waals surface area contributed by atoms with Gasteiger partial charge in [-0.3, -0.25) is 0 Å². The van der Waals surface area contributed by atoms with Crippen LogP contribution in [0.3, 0.4) is 0 Å². The first kappa shape index (κ1) is 16.1. The third-order valence-electron chi connectivity index (χ3n) is 3.03. The number of nitrogens with one attached hydrogen (secondary N) is 1. The standard InChI is InChI=1S/C15H24FNO2/c1-3-19-10-8-14(12-17-9-11-18-2)13-4-6-15(16)7-5-13/h4-7,14,17H,3,8-12H2,1-2H3. The van der Waals surface area contributed by atoms with E-state index >= 15 is 0 Å². The van der Waals surface area contributed by atoms with Crippen molar-refractivity contribution in [2.75, 3.05) is 40.0 Å². The normalized spacial score (nSPS) is 12.6. The molecule has 3 nitrogen and oxygen atoms in total. The zero-order valence-corrected chi connectivity index (χ0v) is 11.8. The Morgan fingerprint density at radius 1 is 1.21 bits per heavy atom. The van der Waals surface area contributed by atoms with Crippen LogP contribution >= 0.6 is 0 Å². The number of methoxy groups -OCH3 is 1. The lowest BCUT2D eigenvalue weighted by atomic mass is 9.96. The molecule has 1 atom stereocenters. The maximum absolute atomic E-state index is 13.0. The number of hydrogen-bond acceptors (Lipinski definition) is 3. The molecular weight excluding hydrogens is 245 g/mol. The smallest absolute Gasteiger partial charge is 0.123 e. The second kappa shape index (κ2) is 9.89. The molecule has 0 aliphatic carbocycles. The zero-order valence-electron chi connectivity index (χ0n) is 11.8. The van der Waals surface area contributed by atoms with E-state index in [4.69, 9.17) is 9.47 Å². The van der Waals surface area contributed by atoms with Crippen LogP contribution in [0.1, 0.15) is 24.8 Å². The van der Waals surface area contributed by atoms with Gasteiger partial charge in [0.15, 0.2) is 0 Å². The first-order valence-electron chi connectivity index (χ1n) is 6.80. The summed E-state index contributed by atoms with van der Waals surface area (Å²) in [6, 6.07) is 6.73. The summed E-state index contributed by atoms with van der Waals surface area (Å²) in [6.07, 6.45) is 0.930. The van der Waals surface area contributed by atoms with Gasteiger partial charge in [-0.1, -0.05) is 12.1 Å². The van der Waals surface area contributed by atoms with E-state index in [2.05, 4.69) is 5.32 Å². The number of hydrogen-bond donors (Lipinski definition) is 1. The molecule has 0 heterocycles. The fourth-order valence-electron chi connectivity index (χ4n) is 1.94. The molecule has 1 N–H and O–H groups in total. The minimum absolute atomic E-state index is 0.195. The van der Waals surface area contributed by atoms with Gasteiger partial charge < -0.3 is 14.8 Å². The quantitative estimate of drug-likeness (QED) is 0.662. The van der Waals surface area contributed by atoms with Gasteiger partial charge in [-0.2, -0.15) is 0 Å². The Labute approximate surface area is 115 Å². The van der Waals surface area contributed by atoms with E-state index in [1.807, 2.05) is 19.1 Å². The topological polar surface area (TPSA) is 30.5 Å². The molecule has 19 heavy (non-hydrogen) atoms. The van der Waals surface area contributed by atoms with Crippen molar-refractivity contribution in [1.29, 1.82) is 0 Å². The third kappa shape index (κ3) is 6.66. The zero-order chi connectivity index (χ0) is 13.9. The SMILES string of the molecule is CCOCCC(CNCCOC)c1ccc(F)cc1. The van der Waals surface area contributed by atoms with Crippen LogP contribution < -0.4 is 5.32 Å². The van der Waals surface area contributed by atoms with Crippen molar-refractivity contribution in [3.05, 3.63) is 35.6 Å². The molecule has 0 saturated heterocycles. The second-order valence-electron chi connectivity index (χ2n) is 4.43. The molecule has 0 radical (unpaired) electrons. The summed E-state index contributed by atoms with van der Waals surface area (Å²) < 4.78 is 23.4. The molecule has 1 rings (SSSR count).